The Bertz CT molecular complexity index is 218. The molecule has 0 aromatic carbocycles. The van der Waals surface area contributed by atoms with Crippen molar-refractivity contribution in [3.8, 4) is 0 Å². The lowest BCUT2D eigenvalue weighted by molar-refractivity contribution is -0.136. The number of halogens is 3. The molecule has 18 heavy (non-hydrogen) atoms. The zero-order valence-corrected chi connectivity index (χ0v) is 10.8. The summed E-state index contributed by atoms with van der Waals surface area (Å²) in [6, 6.07) is 0.0374. The topological polar surface area (TPSA) is 30.5 Å². The second-order valence-corrected chi connectivity index (χ2v) is 4.57. The number of ether oxygens (including phenoxy) is 2. The van der Waals surface area contributed by atoms with Gasteiger partial charge in [0.2, 0.25) is 0 Å². The van der Waals surface area contributed by atoms with Crippen LogP contribution in [0.25, 0.3) is 0 Å². The number of nitrogens with one attached hydrogen (secondary N) is 1. The van der Waals surface area contributed by atoms with E-state index in [2.05, 4.69) is 5.32 Å². The molecular formula is C12H22F3NO2. The SMILES string of the molecule is CCCNC(CCCC(F)(F)F)CC1OCCO1. The molecule has 1 aliphatic rings. The highest BCUT2D eigenvalue weighted by molar-refractivity contribution is 4.71. The molecule has 0 radical (unpaired) electrons. The van der Waals surface area contributed by atoms with Crippen molar-refractivity contribution in [1.29, 1.82) is 0 Å². The van der Waals surface area contributed by atoms with Gasteiger partial charge in [0.15, 0.2) is 6.29 Å². The molecule has 1 atom stereocenters. The first-order chi connectivity index (χ1) is 8.51. The van der Waals surface area contributed by atoms with Gasteiger partial charge in [-0.2, -0.15) is 13.2 Å². The number of rotatable bonds is 8. The number of hydrogen-bond acceptors (Lipinski definition) is 3. The normalized spacial score (nSPS) is 19.3. The highest BCUT2D eigenvalue weighted by Crippen LogP contribution is 2.23. The van der Waals surface area contributed by atoms with Crippen LogP contribution in [-0.2, 0) is 9.47 Å². The van der Waals surface area contributed by atoms with Gasteiger partial charge in [-0.05, 0) is 25.8 Å². The molecule has 1 N–H and O–H groups in total. The average Bonchev–Trinajstić information content (AvgIpc) is 2.76. The lowest BCUT2D eigenvalue weighted by Crippen LogP contribution is -2.34. The largest absolute Gasteiger partial charge is 0.389 e. The summed E-state index contributed by atoms with van der Waals surface area (Å²) in [5.74, 6) is 0. The Morgan fingerprint density at radius 1 is 1.28 bits per heavy atom. The zero-order chi connectivity index (χ0) is 13.4. The second-order valence-electron chi connectivity index (χ2n) is 4.57. The van der Waals surface area contributed by atoms with Gasteiger partial charge in [-0.3, -0.25) is 0 Å². The molecule has 0 spiro atoms. The lowest BCUT2D eigenvalue weighted by Gasteiger charge is -2.21. The minimum atomic E-state index is -4.06. The van der Waals surface area contributed by atoms with E-state index in [1.807, 2.05) is 6.92 Å². The Balaban J connectivity index is 2.25. The van der Waals surface area contributed by atoms with Crippen LogP contribution in [0.15, 0.2) is 0 Å². The smallest absolute Gasteiger partial charge is 0.350 e. The fraction of sp³-hybridized carbons (Fsp3) is 1.00. The Morgan fingerprint density at radius 3 is 2.50 bits per heavy atom. The van der Waals surface area contributed by atoms with Gasteiger partial charge in [0.25, 0.3) is 0 Å². The molecule has 0 aromatic rings. The second kappa shape index (κ2) is 7.96. The van der Waals surface area contributed by atoms with E-state index in [0.29, 0.717) is 26.1 Å². The van der Waals surface area contributed by atoms with E-state index in [0.717, 1.165) is 13.0 Å². The van der Waals surface area contributed by atoms with Crippen LogP contribution in [0.3, 0.4) is 0 Å². The number of hydrogen-bond donors (Lipinski definition) is 1. The van der Waals surface area contributed by atoms with Crippen LogP contribution in [0.5, 0.6) is 0 Å². The summed E-state index contributed by atoms with van der Waals surface area (Å²) in [6.07, 6.45) is -2.80. The maximum Gasteiger partial charge on any atom is 0.389 e. The van der Waals surface area contributed by atoms with Crippen LogP contribution >= 0.6 is 0 Å². The molecule has 6 heteroatoms. The van der Waals surface area contributed by atoms with Crippen molar-refractivity contribution < 1.29 is 22.6 Å². The third-order valence-corrected chi connectivity index (χ3v) is 2.86. The van der Waals surface area contributed by atoms with Crippen LogP contribution in [0.2, 0.25) is 0 Å². The molecule has 1 aliphatic heterocycles. The van der Waals surface area contributed by atoms with Crippen molar-refractivity contribution in [2.24, 2.45) is 0 Å². The molecule has 0 amide bonds. The average molecular weight is 269 g/mol. The van der Waals surface area contributed by atoms with Crippen molar-refractivity contribution in [1.82, 2.24) is 5.32 Å². The maximum atomic E-state index is 12.1. The van der Waals surface area contributed by atoms with Crippen LogP contribution in [0.1, 0.15) is 39.0 Å². The molecule has 1 unspecified atom stereocenters. The minimum absolute atomic E-state index is 0.0374. The van der Waals surface area contributed by atoms with Gasteiger partial charge >= 0.3 is 6.18 Å². The molecule has 0 bridgehead atoms. The molecule has 1 heterocycles. The van der Waals surface area contributed by atoms with Crippen LogP contribution in [0, 0.1) is 0 Å². The fourth-order valence-corrected chi connectivity index (χ4v) is 1.98. The van der Waals surface area contributed by atoms with Crippen molar-refractivity contribution in [2.45, 2.75) is 57.5 Å². The molecule has 0 saturated carbocycles. The van der Waals surface area contributed by atoms with E-state index in [-0.39, 0.29) is 18.8 Å². The third-order valence-electron chi connectivity index (χ3n) is 2.86. The summed E-state index contributed by atoms with van der Waals surface area (Å²) in [4.78, 5) is 0. The van der Waals surface area contributed by atoms with Gasteiger partial charge < -0.3 is 14.8 Å². The summed E-state index contributed by atoms with van der Waals surface area (Å²) in [7, 11) is 0. The van der Waals surface area contributed by atoms with Crippen molar-refractivity contribution in [3.05, 3.63) is 0 Å². The standard InChI is InChI=1S/C12H22F3NO2/c1-2-6-16-10(4-3-5-12(13,14)15)9-11-17-7-8-18-11/h10-11,16H,2-9H2,1H3. The van der Waals surface area contributed by atoms with Gasteiger partial charge in [0, 0.05) is 18.9 Å². The highest BCUT2D eigenvalue weighted by atomic mass is 19.4. The number of alkyl halides is 3. The highest BCUT2D eigenvalue weighted by Gasteiger charge is 2.27. The van der Waals surface area contributed by atoms with Crippen molar-refractivity contribution >= 4 is 0 Å². The molecule has 108 valence electrons. The maximum absolute atomic E-state index is 12.1. The molecule has 0 aromatic heterocycles. The van der Waals surface area contributed by atoms with E-state index in [4.69, 9.17) is 9.47 Å². The summed E-state index contributed by atoms with van der Waals surface area (Å²) in [5.41, 5.74) is 0. The van der Waals surface area contributed by atoms with Gasteiger partial charge in [-0.25, -0.2) is 0 Å². The molecule has 3 nitrogen and oxygen atoms in total. The fourth-order valence-electron chi connectivity index (χ4n) is 1.98. The predicted molar refractivity (Wildman–Crippen MR) is 62.3 cm³/mol. The molecular weight excluding hydrogens is 247 g/mol. The first-order valence-corrected chi connectivity index (χ1v) is 6.54. The summed E-state index contributed by atoms with van der Waals surface area (Å²) >= 11 is 0. The van der Waals surface area contributed by atoms with E-state index >= 15 is 0 Å². The van der Waals surface area contributed by atoms with Gasteiger partial charge in [-0.15, -0.1) is 0 Å². The predicted octanol–water partition coefficient (Wildman–Crippen LogP) is 2.85. The van der Waals surface area contributed by atoms with Crippen LogP contribution in [0.4, 0.5) is 13.2 Å². The molecule has 1 rings (SSSR count). The molecule has 1 fully saturated rings. The van der Waals surface area contributed by atoms with Gasteiger partial charge in [-0.1, -0.05) is 6.92 Å². The van der Waals surface area contributed by atoms with E-state index in [9.17, 15) is 13.2 Å². The summed E-state index contributed by atoms with van der Waals surface area (Å²) < 4.78 is 46.9. The molecule has 1 saturated heterocycles. The lowest BCUT2D eigenvalue weighted by atomic mass is 10.1. The van der Waals surface area contributed by atoms with Crippen molar-refractivity contribution in [3.63, 3.8) is 0 Å². The Hall–Kier alpha value is -0.330. The monoisotopic (exact) mass is 269 g/mol. The van der Waals surface area contributed by atoms with Crippen molar-refractivity contribution in [2.75, 3.05) is 19.8 Å². The van der Waals surface area contributed by atoms with E-state index in [1.54, 1.807) is 0 Å². The van der Waals surface area contributed by atoms with Crippen LogP contribution in [-0.4, -0.2) is 38.3 Å². The molecule has 0 aliphatic carbocycles. The Kier molecular flexibility index (Phi) is 6.96. The third kappa shape index (κ3) is 7.18. The zero-order valence-electron chi connectivity index (χ0n) is 10.8. The van der Waals surface area contributed by atoms with Gasteiger partial charge in [0.05, 0.1) is 13.2 Å². The van der Waals surface area contributed by atoms with E-state index < -0.39 is 12.6 Å². The first kappa shape index (κ1) is 15.7. The van der Waals surface area contributed by atoms with Gasteiger partial charge in [0.1, 0.15) is 0 Å². The first-order valence-electron chi connectivity index (χ1n) is 6.54. The minimum Gasteiger partial charge on any atom is -0.350 e. The Labute approximate surface area is 106 Å². The quantitative estimate of drug-likeness (QED) is 0.735. The summed E-state index contributed by atoms with van der Waals surface area (Å²) in [6.45, 7) is 3.99. The summed E-state index contributed by atoms with van der Waals surface area (Å²) in [5, 5.41) is 3.26. The Morgan fingerprint density at radius 2 is 1.94 bits per heavy atom. The van der Waals surface area contributed by atoms with Crippen LogP contribution < -0.4 is 5.32 Å². The van der Waals surface area contributed by atoms with E-state index in [1.165, 1.54) is 0 Å².